The summed E-state index contributed by atoms with van der Waals surface area (Å²) < 4.78 is 5.45. The van der Waals surface area contributed by atoms with Gasteiger partial charge >= 0.3 is 0 Å². The average molecular weight is 222 g/mol. The molecule has 0 aliphatic carbocycles. The molecule has 0 aromatic heterocycles. The molecular formula is C13H22N2O. The predicted molar refractivity (Wildman–Crippen MR) is 69.1 cm³/mol. The van der Waals surface area contributed by atoms with Crippen LogP contribution in [0.2, 0.25) is 0 Å². The molecule has 0 aliphatic heterocycles. The highest BCUT2D eigenvalue weighted by Gasteiger charge is 2.08. The standard InChI is InChI=1S/C13H22N2O/c1-5-16-10-13(14-2)11-6-8-12(9-7-11)15(3)4/h6-9,13-14H,5,10H2,1-4H3. The molecule has 1 atom stereocenters. The number of rotatable bonds is 6. The van der Waals surface area contributed by atoms with Crippen LogP contribution in [0.4, 0.5) is 5.69 Å². The van der Waals surface area contributed by atoms with Gasteiger partial charge in [0.15, 0.2) is 0 Å². The van der Waals surface area contributed by atoms with E-state index < -0.39 is 0 Å². The van der Waals surface area contributed by atoms with Crippen molar-refractivity contribution in [3.05, 3.63) is 29.8 Å². The molecule has 3 nitrogen and oxygen atoms in total. The van der Waals surface area contributed by atoms with E-state index in [-0.39, 0.29) is 6.04 Å². The Morgan fingerprint density at radius 2 is 1.88 bits per heavy atom. The summed E-state index contributed by atoms with van der Waals surface area (Å²) in [5, 5.41) is 3.26. The quantitative estimate of drug-likeness (QED) is 0.797. The molecule has 1 unspecified atom stereocenters. The van der Waals surface area contributed by atoms with Crippen LogP contribution in [0.3, 0.4) is 0 Å². The number of ether oxygens (including phenoxy) is 1. The first-order chi connectivity index (χ1) is 7.69. The smallest absolute Gasteiger partial charge is 0.0661 e. The van der Waals surface area contributed by atoms with Gasteiger partial charge in [-0.15, -0.1) is 0 Å². The van der Waals surface area contributed by atoms with Gasteiger partial charge in [-0.25, -0.2) is 0 Å². The van der Waals surface area contributed by atoms with Crippen molar-refractivity contribution < 1.29 is 4.74 Å². The minimum Gasteiger partial charge on any atom is -0.380 e. The van der Waals surface area contributed by atoms with Crippen LogP contribution in [0.5, 0.6) is 0 Å². The first-order valence-electron chi connectivity index (χ1n) is 5.71. The minimum atomic E-state index is 0.274. The molecule has 0 bridgehead atoms. The number of hydrogen-bond acceptors (Lipinski definition) is 3. The zero-order valence-electron chi connectivity index (χ0n) is 10.7. The monoisotopic (exact) mass is 222 g/mol. The zero-order chi connectivity index (χ0) is 12.0. The van der Waals surface area contributed by atoms with Crippen molar-refractivity contribution in [2.24, 2.45) is 0 Å². The van der Waals surface area contributed by atoms with Crippen LogP contribution in [0.25, 0.3) is 0 Å². The van der Waals surface area contributed by atoms with Gasteiger partial charge in [0.25, 0.3) is 0 Å². The molecule has 0 radical (unpaired) electrons. The summed E-state index contributed by atoms with van der Waals surface area (Å²) in [5.74, 6) is 0. The van der Waals surface area contributed by atoms with Gasteiger partial charge in [-0.05, 0) is 31.7 Å². The fraction of sp³-hybridized carbons (Fsp3) is 0.538. The highest BCUT2D eigenvalue weighted by molar-refractivity contribution is 5.46. The number of likely N-dealkylation sites (N-methyl/N-ethyl adjacent to an activating group) is 1. The Kier molecular flexibility index (Phi) is 5.29. The maximum absolute atomic E-state index is 5.45. The third kappa shape index (κ3) is 3.51. The Hall–Kier alpha value is -1.06. The van der Waals surface area contributed by atoms with Crippen LogP contribution < -0.4 is 10.2 Å². The molecule has 1 aromatic carbocycles. The van der Waals surface area contributed by atoms with E-state index in [9.17, 15) is 0 Å². The van der Waals surface area contributed by atoms with Crippen LogP contribution in [-0.4, -0.2) is 34.4 Å². The Morgan fingerprint density at radius 3 is 2.31 bits per heavy atom. The summed E-state index contributed by atoms with van der Waals surface area (Å²) >= 11 is 0. The zero-order valence-corrected chi connectivity index (χ0v) is 10.7. The molecule has 0 saturated carbocycles. The van der Waals surface area contributed by atoms with Crippen molar-refractivity contribution in [2.45, 2.75) is 13.0 Å². The second-order valence-corrected chi connectivity index (χ2v) is 3.99. The van der Waals surface area contributed by atoms with Crippen LogP contribution in [-0.2, 0) is 4.74 Å². The van der Waals surface area contributed by atoms with E-state index in [2.05, 4.69) is 34.5 Å². The molecule has 0 saturated heterocycles. The van der Waals surface area contributed by atoms with Gasteiger partial charge in [0.05, 0.1) is 12.6 Å². The molecule has 3 heteroatoms. The number of benzene rings is 1. The largest absolute Gasteiger partial charge is 0.380 e. The van der Waals surface area contributed by atoms with E-state index in [1.165, 1.54) is 11.3 Å². The molecule has 0 amide bonds. The Labute approximate surface area is 98.4 Å². The number of nitrogens with one attached hydrogen (secondary N) is 1. The summed E-state index contributed by atoms with van der Waals surface area (Å²) in [7, 11) is 6.05. The van der Waals surface area contributed by atoms with Crippen molar-refractivity contribution in [2.75, 3.05) is 39.3 Å². The van der Waals surface area contributed by atoms with Gasteiger partial charge in [-0.1, -0.05) is 12.1 Å². The predicted octanol–water partition coefficient (Wildman–Crippen LogP) is 2.05. The van der Waals surface area contributed by atoms with Gasteiger partial charge in [0.1, 0.15) is 0 Å². The average Bonchev–Trinajstić information content (AvgIpc) is 2.30. The molecule has 0 aliphatic rings. The summed E-state index contributed by atoms with van der Waals surface area (Å²) in [6, 6.07) is 8.83. The topological polar surface area (TPSA) is 24.5 Å². The normalized spacial score (nSPS) is 12.5. The van der Waals surface area contributed by atoms with Crippen molar-refractivity contribution in [3.63, 3.8) is 0 Å². The van der Waals surface area contributed by atoms with Crippen LogP contribution >= 0.6 is 0 Å². The Morgan fingerprint density at radius 1 is 1.25 bits per heavy atom. The van der Waals surface area contributed by atoms with Crippen molar-refractivity contribution in [3.8, 4) is 0 Å². The second-order valence-electron chi connectivity index (χ2n) is 3.99. The van der Waals surface area contributed by atoms with E-state index in [0.717, 1.165) is 6.61 Å². The number of anilines is 1. The molecule has 0 spiro atoms. The third-order valence-electron chi connectivity index (χ3n) is 2.65. The van der Waals surface area contributed by atoms with E-state index in [1.807, 2.05) is 28.1 Å². The first kappa shape index (κ1) is 13.0. The van der Waals surface area contributed by atoms with Gasteiger partial charge < -0.3 is 15.0 Å². The van der Waals surface area contributed by atoms with Crippen LogP contribution in [0, 0.1) is 0 Å². The van der Waals surface area contributed by atoms with Crippen molar-refractivity contribution in [1.29, 1.82) is 0 Å². The van der Waals surface area contributed by atoms with Crippen molar-refractivity contribution in [1.82, 2.24) is 5.32 Å². The molecule has 0 fully saturated rings. The van der Waals surface area contributed by atoms with Gasteiger partial charge in [0, 0.05) is 26.4 Å². The van der Waals surface area contributed by atoms with Crippen LogP contribution in [0.15, 0.2) is 24.3 Å². The summed E-state index contributed by atoms with van der Waals surface area (Å²) in [5.41, 5.74) is 2.48. The lowest BCUT2D eigenvalue weighted by atomic mass is 10.1. The molecule has 1 aromatic rings. The molecule has 0 heterocycles. The second kappa shape index (κ2) is 6.51. The first-order valence-corrected chi connectivity index (χ1v) is 5.71. The van der Waals surface area contributed by atoms with Gasteiger partial charge in [-0.2, -0.15) is 0 Å². The SMILES string of the molecule is CCOCC(NC)c1ccc(N(C)C)cc1. The minimum absolute atomic E-state index is 0.274. The molecule has 16 heavy (non-hydrogen) atoms. The van der Waals surface area contributed by atoms with Gasteiger partial charge in [-0.3, -0.25) is 0 Å². The summed E-state index contributed by atoms with van der Waals surface area (Å²) in [4.78, 5) is 2.10. The van der Waals surface area contributed by atoms with Crippen molar-refractivity contribution >= 4 is 5.69 Å². The Bertz CT molecular complexity index is 295. The third-order valence-corrected chi connectivity index (χ3v) is 2.65. The molecule has 1 N–H and O–H groups in total. The fourth-order valence-corrected chi connectivity index (χ4v) is 1.59. The summed E-state index contributed by atoms with van der Waals surface area (Å²) in [6.07, 6.45) is 0. The van der Waals surface area contributed by atoms with E-state index >= 15 is 0 Å². The molecule has 1 rings (SSSR count). The lowest BCUT2D eigenvalue weighted by Crippen LogP contribution is -2.21. The molecular weight excluding hydrogens is 200 g/mol. The maximum atomic E-state index is 5.45. The number of hydrogen-bond donors (Lipinski definition) is 1. The lowest BCUT2D eigenvalue weighted by molar-refractivity contribution is 0.125. The van der Waals surface area contributed by atoms with E-state index in [4.69, 9.17) is 4.74 Å². The maximum Gasteiger partial charge on any atom is 0.0661 e. The Balaban J connectivity index is 2.70. The van der Waals surface area contributed by atoms with Gasteiger partial charge in [0.2, 0.25) is 0 Å². The lowest BCUT2D eigenvalue weighted by Gasteiger charge is -2.18. The molecule has 90 valence electrons. The summed E-state index contributed by atoms with van der Waals surface area (Å²) in [6.45, 7) is 3.49. The fourth-order valence-electron chi connectivity index (χ4n) is 1.59. The highest BCUT2D eigenvalue weighted by Crippen LogP contribution is 2.17. The highest BCUT2D eigenvalue weighted by atomic mass is 16.5. The van der Waals surface area contributed by atoms with E-state index in [1.54, 1.807) is 0 Å². The van der Waals surface area contributed by atoms with Crippen LogP contribution in [0.1, 0.15) is 18.5 Å². The number of nitrogens with zero attached hydrogens (tertiary/aromatic N) is 1. The van der Waals surface area contributed by atoms with E-state index in [0.29, 0.717) is 6.61 Å².